The van der Waals surface area contributed by atoms with E-state index in [1.807, 2.05) is 0 Å². The van der Waals surface area contributed by atoms with Crippen molar-refractivity contribution in [1.29, 1.82) is 0 Å². The molecule has 0 spiro atoms. The Morgan fingerprint density at radius 2 is 2.00 bits per heavy atom. The van der Waals surface area contributed by atoms with Crippen LogP contribution in [-0.2, 0) is 0 Å². The molecule has 0 saturated heterocycles. The maximum absolute atomic E-state index is 5.44. The number of rotatable bonds is 2. The van der Waals surface area contributed by atoms with Gasteiger partial charge in [-0.15, -0.1) is 18.8 Å². The predicted octanol–water partition coefficient (Wildman–Crippen LogP) is 1.41. The van der Waals surface area contributed by atoms with Crippen LogP contribution in [0, 0.1) is 18.3 Å². The number of halogens is 1. The van der Waals surface area contributed by atoms with Crippen LogP contribution >= 0.6 is 12.4 Å². The highest BCUT2D eigenvalue weighted by Gasteiger charge is 1.98. The first kappa shape index (κ1) is 11.6. The average Bonchev–Trinajstić information content (AvgIpc) is 1.65. The van der Waals surface area contributed by atoms with E-state index in [0.29, 0.717) is 5.92 Å². The Hall–Kier alpha value is -0.190. The molecular weight excluding hydrogens is 134 g/mol. The summed E-state index contributed by atoms with van der Waals surface area (Å²) < 4.78 is 0. The summed E-state index contributed by atoms with van der Waals surface area (Å²) in [6.45, 7) is 4.22. The molecule has 0 unspecified atom stereocenters. The second-order valence-corrected chi connectivity index (χ2v) is 2.40. The molecule has 0 rings (SSSR count). The monoisotopic (exact) mass is 147 g/mol. The first-order chi connectivity index (χ1) is 3.66. The van der Waals surface area contributed by atoms with Crippen LogP contribution in [0.1, 0.15) is 20.3 Å². The first-order valence-electron chi connectivity index (χ1n) is 2.88. The van der Waals surface area contributed by atoms with Gasteiger partial charge in [0.05, 0.1) is 6.04 Å². The SMILES string of the molecule is C#C[C@@H](N)CC(C)C.Cl. The fraction of sp³-hybridized carbons (Fsp3) is 0.714. The fourth-order valence-corrected chi connectivity index (χ4v) is 0.576. The molecule has 0 fully saturated rings. The minimum atomic E-state index is -0.0463. The Morgan fingerprint density at radius 1 is 1.56 bits per heavy atom. The van der Waals surface area contributed by atoms with Gasteiger partial charge < -0.3 is 5.73 Å². The average molecular weight is 148 g/mol. The lowest BCUT2D eigenvalue weighted by Crippen LogP contribution is -2.19. The Kier molecular flexibility index (Phi) is 7.65. The van der Waals surface area contributed by atoms with E-state index < -0.39 is 0 Å². The van der Waals surface area contributed by atoms with Gasteiger partial charge >= 0.3 is 0 Å². The Labute approximate surface area is 63.4 Å². The topological polar surface area (TPSA) is 26.0 Å². The minimum absolute atomic E-state index is 0. The van der Waals surface area contributed by atoms with E-state index in [0.717, 1.165) is 6.42 Å². The zero-order valence-corrected chi connectivity index (χ0v) is 6.74. The molecule has 1 nitrogen and oxygen atoms in total. The fourth-order valence-electron chi connectivity index (χ4n) is 0.576. The van der Waals surface area contributed by atoms with Crippen LogP contribution in [0.2, 0.25) is 0 Å². The van der Waals surface area contributed by atoms with Crippen LogP contribution < -0.4 is 5.73 Å². The Bertz CT molecular complexity index is 93.6. The summed E-state index contributed by atoms with van der Waals surface area (Å²) in [5.74, 6) is 3.09. The maximum atomic E-state index is 5.44. The molecule has 1 atom stereocenters. The quantitative estimate of drug-likeness (QED) is 0.588. The highest BCUT2D eigenvalue weighted by molar-refractivity contribution is 5.85. The zero-order valence-electron chi connectivity index (χ0n) is 5.92. The zero-order chi connectivity index (χ0) is 6.57. The van der Waals surface area contributed by atoms with E-state index in [9.17, 15) is 0 Å². The summed E-state index contributed by atoms with van der Waals surface area (Å²) in [7, 11) is 0. The standard InChI is InChI=1S/C7H13N.ClH/c1-4-7(8)5-6(2)3;/h1,6-7H,5,8H2,2-3H3;1H/t7-;/m1./s1. The van der Waals surface area contributed by atoms with Crippen molar-refractivity contribution in [3.63, 3.8) is 0 Å². The molecule has 0 aliphatic carbocycles. The smallest absolute Gasteiger partial charge is 0.0664 e. The highest BCUT2D eigenvalue weighted by Crippen LogP contribution is 2.00. The van der Waals surface area contributed by atoms with Crippen molar-refractivity contribution in [3.05, 3.63) is 0 Å². The van der Waals surface area contributed by atoms with Crippen LogP contribution in [0.4, 0.5) is 0 Å². The molecule has 54 valence electrons. The van der Waals surface area contributed by atoms with Crippen molar-refractivity contribution in [2.75, 3.05) is 0 Å². The van der Waals surface area contributed by atoms with Gasteiger partial charge in [0.2, 0.25) is 0 Å². The van der Waals surface area contributed by atoms with Crippen LogP contribution in [-0.4, -0.2) is 6.04 Å². The second kappa shape index (κ2) is 5.94. The molecule has 0 radical (unpaired) electrons. The van der Waals surface area contributed by atoms with Crippen LogP contribution in [0.5, 0.6) is 0 Å². The molecule has 0 amide bonds. The summed E-state index contributed by atoms with van der Waals surface area (Å²) in [4.78, 5) is 0. The molecule has 0 aromatic carbocycles. The number of hydrogen-bond donors (Lipinski definition) is 1. The normalized spacial score (nSPS) is 11.9. The molecule has 0 aromatic heterocycles. The highest BCUT2D eigenvalue weighted by atomic mass is 35.5. The molecule has 2 heteroatoms. The van der Waals surface area contributed by atoms with Gasteiger partial charge in [0, 0.05) is 0 Å². The van der Waals surface area contributed by atoms with Gasteiger partial charge in [0.25, 0.3) is 0 Å². The molecule has 9 heavy (non-hydrogen) atoms. The maximum Gasteiger partial charge on any atom is 0.0664 e. The van der Waals surface area contributed by atoms with Gasteiger partial charge in [-0.05, 0) is 12.3 Å². The molecule has 0 saturated carbocycles. The van der Waals surface area contributed by atoms with E-state index >= 15 is 0 Å². The van der Waals surface area contributed by atoms with Crippen molar-refractivity contribution in [1.82, 2.24) is 0 Å². The van der Waals surface area contributed by atoms with E-state index in [1.54, 1.807) is 0 Å². The number of terminal acetylenes is 1. The van der Waals surface area contributed by atoms with E-state index in [1.165, 1.54) is 0 Å². The predicted molar refractivity (Wildman–Crippen MR) is 43.5 cm³/mol. The van der Waals surface area contributed by atoms with Crippen LogP contribution in [0.25, 0.3) is 0 Å². The molecular formula is C7H14ClN. The third-order valence-corrected chi connectivity index (χ3v) is 0.939. The van der Waals surface area contributed by atoms with Crippen molar-refractivity contribution in [3.8, 4) is 12.3 Å². The molecule has 0 aliphatic rings. The van der Waals surface area contributed by atoms with Crippen molar-refractivity contribution in [2.24, 2.45) is 11.7 Å². The lowest BCUT2D eigenvalue weighted by atomic mass is 10.1. The largest absolute Gasteiger partial charge is 0.318 e. The van der Waals surface area contributed by atoms with Crippen LogP contribution in [0.15, 0.2) is 0 Å². The van der Waals surface area contributed by atoms with E-state index in [2.05, 4.69) is 19.8 Å². The Morgan fingerprint density at radius 3 is 2.11 bits per heavy atom. The van der Waals surface area contributed by atoms with E-state index in [-0.39, 0.29) is 18.4 Å². The number of hydrogen-bond acceptors (Lipinski definition) is 1. The van der Waals surface area contributed by atoms with Gasteiger partial charge in [0.15, 0.2) is 0 Å². The van der Waals surface area contributed by atoms with Gasteiger partial charge in [-0.2, -0.15) is 0 Å². The third-order valence-electron chi connectivity index (χ3n) is 0.939. The molecule has 0 heterocycles. The first-order valence-corrected chi connectivity index (χ1v) is 2.88. The Balaban J connectivity index is 0. The van der Waals surface area contributed by atoms with Gasteiger partial charge in [-0.3, -0.25) is 0 Å². The summed E-state index contributed by atoms with van der Waals surface area (Å²) in [6, 6.07) is -0.0463. The van der Waals surface area contributed by atoms with Crippen molar-refractivity contribution < 1.29 is 0 Å². The summed E-state index contributed by atoms with van der Waals surface area (Å²) in [5.41, 5.74) is 5.44. The van der Waals surface area contributed by atoms with Crippen molar-refractivity contribution in [2.45, 2.75) is 26.3 Å². The minimum Gasteiger partial charge on any atom is -0.318 e. The van der Waals surface area contributed by atoms with Crippen LogP contribution in [0.3, 0.4) is 0 Å². The lowest BCUT2D eigenvalue weighted by Gasteiger charge is -2.05. The molecule has 0 aromatic rings. The van der Waals surface area contributed by atoms with Gasteiger partial charge in [0.1, 0.15) is 0 Å². The number of nitrogens with two attached hydrogens (primary N) is 1. The summed E-state index contributed by atoms with van der Waals surface area (Å²) in [5, 5.41) is 0. The summed E-state index contributed by atoms with van der Waals surface area (Å²) in [6.07, 6.45) is 5.97. The van der Waals surface area contributed by atoms with E-state index in [4.69, 9.17) is 12.2 Å². The second-order valence-electron chi connectivity index (χ2n) is 2.40. The summed E-state index contributed by atoms with van der Waals surface area (Å²) >= 11 is 0. The lowest BCUT2D eigenvalue weighted by molar-refractivity contribution is 0.554. The third kappa shape index (κ3) is 7.81. The van der Waals surface area contributed by atoms with Gasteiger partial charge in [-0.25, -0.2) is 0 Å². The molecule has 0 aliphatic heterocycles. The molecule has 0 bridgehead atoms. The van der Waals surface area contributed by atoms with Gasteiger partial charge in [-0.1, -0.05) is 19.8 Å². The molecule has 2 N–H and O–H groups in total. The van der Waals surface area contributed by atoms with Crippen molar-refractivity contribution >= 4 is 12.4 Å².